The smallest absolute Gasteiger partial charge is 0.249 e. The topological polar surface area (TPSA) is 79.9 Å². The number of ether oxygens (including phenoxy) is 1. The Morgan fingerprint density at radius 3 is 2.50 bits per heavy atom. The van der Waals surface area contributed by atoms with E-state index in [1.165, 1.54) is 5.56 Å². The molecule has 6 nitrogen and oxygen atoms in total. The molecule has 0 aliphatic carbocycles. The lowest BCUT2D eigenvalue weighted by molar-refractivity contribution is -0.115. The van der Waals surface area contributed by atoms with Crippen LogP contribution in [0.3, 0.4) is 0 Å². The van der Waals surface area contributed by atoms with E-state index < -0.39 is 0 Å². The highest BCUT2D eigenvalue weighted by Gasteiger charge is 2.09. The Balaban J connectivity index is 1.63. The van der Waals surface area contributed by atoms with Crippen LogP contribution in [0.1, 0.15) is 11.1 Å². The summed E-state index contributed by atoms with van der Waals surface area (Å²) < 4.78 is 5.10. The lowest BCUT2D eigenvalue weighted by Gasteiger charge is -2.03. The molecule has 0 saturated heterocycles. The molecule has 1 aromatic heterocycles. The second-order valence-corrected chi connectivity index (χ2v) is 5.45. The number of hydrogen-bond donors (Lipinski definition) is 2. The zero-order valence-electron chi connectivity index (χ0n) is 13.5. The van der Waals surface area contributed by atoms with Crippen LogP contribution in [-0.2, 0) is 11.2 Å². The number of anilines is 1. The van der Waals surface area contributed by atoms with Gasteiger partial charge in [0.15, 0.2) is 5.82 Å². The van der Waals surface area contributed by atoms with Crippen molar-refractivity contribution in [1.82, 2.24) is 15.2 Å². The van der Waals surface area contributed by atoms with Crippen molar-refractivity contribution in [2.45, 2.75) is 13.3 Å². The number of nitrogens with zero attached hydrogens (tertiary/aromatic N) is 2. The van der Waals surface area contributed by atoms with Crippen molar-refractivity contribution in [3.63, 3.8) is 0 Å². The minimum atomic E-state index is -0.172. The first-order valence-corrected chi connectivity index (χ1v) is 7.56. The molecule has 3 rings (SSSR count). The van der Waals surface area contributed by atoms with Gasteiger partial charge < -0.3 is 4.74 Å². The Bertz CT molecular complexity index is 823. The number of methoxy groups -OCH3 is 1. The number of hydrogen-bond acceptors (Lipinski definition) is 4. The van der Waals surface area contributed by atoms with Crippen molar-refractivity contribution < 1.29 is 9.53 Å². The fraction of sp³-hybridized carbons (Fsp3) is 0.167. The summed E-state index contributed by atoms with van der Waals surface area (Å²) >= 11 is 0. The third kappa shape index (κ3) is 3.78. The van der Waals surface area contributed by atoms with Crippen molar-refractivity contribution in [2.75, 3.05) is 12.4 Å². The second kappa shape index (κ2) is 6.95. The van der Waals surface area contributed by atoms with Gasteiger partial charge in [0.2, 0.25) is 11.9 Å². The number of aromatic amines is 1. The summed E-state index contributed by atoms with van der Waals surface area (Å²) in [6, 6.07) is 15.3. The highest BCUT2D eigenvalue weighted by atomic mass is 16.5. The van der Waals surface area contributed by atoms with Crippen LogP contribution >= 0.6 is 0 Å². The molecule has 2 aromatic carbocycles. The highest BCUT2D eigenvalue weighted by Crippen LogP contribution is 2.17. The molecule has 3 aromatic rings. The van der Waals surface area contributed by atoms with E-state index in [1.807, 2.05) is 55.5 Å². The zero-order valence-corrected chi connectivity index (χ0v) is 13.5. The molecule has 2 N–H and O–H groups in total. The summed E-state index contributed by atoms with van der Waals surface area (Å²) in [5.74, 6) is 1.48. The predicted octanol–water partition coefficient (Wildman–Crippen LogP) is 2.97. The molecule has 0 saturated carbocycles. The van der Waals surface area contributed by atoms with E-state index >= 15 is 0 Å². The third-order valence-corrected chi connectivity index (χ3v) is 3.59. The summed E-state index contributed by atoms with van der Waals surface area (Å²) in [5, 5.41) is 9.57. The van der Waals surface area contributed by atoms with Gasteiger partial charge in [-0.05, 0) is 24.6 Å². The van der Waals surface area contributed by atoms with E-state index in [0.717, 1.165) is 16.9 Å². The molecular weight excluding hydrogens is 304 g/mol. The van der Waals surface area contributed by atoms with Crippen molar-refractivity contribution in [3.8, 4) is 17.1 Å². The summed E-state index contributed by atoms with van der Waals surface area (Å²) in [6.45, 7) is 2.02. The number of aromatic nitrogens is 3. The molecule has 0 radical (unpaired) electrons. The number of nitrogens with one attached hydrogen (secondary N) is 2. The van der Waals surface area contributed by atoms with E-state index in [9.17, 15) is 4.79 Å². The molecule has 0 bridgehead atoms. The Hall–Kier alpha value is -3.15. The Labute approximate surface area is 139 Å². The van der Waals surface area contributed by atoms with Crippen LogP contribution in [0.15, 0.2) is 48.5 Å². The molecule has 1 heterocycles. The monoisotopic (exact) mass is 322 g/mol. The molecule has 122 valence electrons. The molecule has 0 aliphatic heterocycles. The van der Waals surface area contributed by atoms with Gasteiger partial charge in [-0.3, -0.25) is 15.2 Å². The minimum absolute atomic E-state index is 0.172. The molecule has 0 fully saturated rings. The molecule has 6 heteroatoms. The van der Waals surface area contributed by atoms with Gasteiger partial charge in [-0.25, -0.2) is 0 Å². The Morgan fingerprint density at radius 2 is 1.83 bits per heavy atom. The molecule has 0 unspecified atom stereocenters. The lowest BCUT2D eigenvalue weighted by atomic mass is 10.1. The van der Waals surface area contributed by atoms with Crippen molar-refractivity contribution in [2.24, 2.45) is 0 Å². The van der Waals surface area contributed by atoms with Crippen LogP contribution < -0.4 is 10.1 Å². The fourth-order valence-corrected chi connectivity index (χ4v) is 2.26. The highest BCUT2D eigenvalue weighted by molar-refractivity contribution is 5.90. The predicted molar refractivity (Wildman–Crippen MR) is 91.9 cm³/mol. The molecule has 1 amide bonds. The van der Waals surface area contributed by atoms with E-state index in [-0.39, 0.29) is 18.3 Å². The fourth-order valence-electron chi connectivity index (χ4n) is 2.26. The minimum Gasteiger partial charge on any atom is -0.497 e. The average molecular weight is 322 g/mol. The standard InChI is InChI=1S/C18H18N4O2/c1-12-3-7-14(8-4-12)17-20-18(22-21-17)19-16(23)11-13-5-9-15(24-2)10-6-13/h3-10H,11H2,1-2H3,(H2,19,20,21,22,23). The van der Waals surface area contributed by atoms with Crippen LogP contribution in [0.5, 0.6) is 5.75 Å². The number of H-pyrrole nitrogens is 1. The van der Waals surface area contributed by atoms with Gasteiger partial charge in [-0.2, -0.15) is 4.98 Å². The van der Waals surface area contributed by atoms with Gasteiger partial charge >= 0.3 is 0 Å². The molecule has 0 aliphatic rings. The second-order valence-electron chi connectivity index (χ2n) is 5.45. The summed E-state index contributed by atoms with van der Waals surface area (Å²) in [6.07, 6.45) is 0.248. The summed E-state index contributed by atoms with van der Waals surface area (Å²) in [7, 11) is 1.61. The van der Waals surface area contributed by atoms with Gasteiger partial charge in [0.1, 0.15) is 5.75 Å². The molecular formula is C18H18N4O2. The largest absolute Gasteiger partial charge is 0.497 e. The average Bonchev–Trinajstić information content (AvgIpc) is 3.04. The number of carbonyl (C=O) groups excluding carboxylic acids is 1. The van der Waals surface area contributed by atoms with Gasteiger partial charge in [0.05, 0.1) is 13.5 Å². The molecule has 0 atom stereocenters. The SMILES string of the molecule is COc1ccc(CC(=O)Nc2n[nH]c(-c3ccc(C)cc3)n2)cc1. The van der Waals surface area contributed by atoms with Gasteiger partial charge in [0.25, 0.3) is 0 Å². The van der Waals surface area contributed by atoms with Gasteiger partial charge in [0, 0.05) is 5.56 Å². The van der Waals surface area contributed by atoms with Gasteiger partial charge in [-0.1, -0.05) is 42.0 Å². The first kappa shape index (κ1) is 15.7. The van der Waals surface area contributed by atoms with Crippen LogP contribution in [-0.4, -0.2) is 28.2 Å². The molecule has 0 spiro atoms. The Kier molecular flexibility index (Phi) is 4.56. The van der Waals surface area contributed by atoms with E-state index in [4.69, 9.17) is 4.74 Å². The van der Waals surface area contributed by atoms with Crippen molar-refractivity contribution >= 4 is 11.9 Å². The number of rotatable bonds is 5. The normalized spacial score (nSPS) is 10.4. The molecule has 24 heavy (non-hydrogen) atoms. The van der Waals surface area contributed by atoms with E-state index in [0.29, 0.717) is 5.82 Å². The number of amides is 1. The van der Waals surface area contributed by atoms with Crippen molar-refractivity contribution in [1.29, 1.82) is 0 Å². The van der Waals surface area contributed by atoms with Crippen LogP contribution in [0.25, 0.3) is 11.4 Å². The van der Waals surface area contributed by atoms with E-state index in [2.05, 4.69) is 20.5 Å². The van der Waals surface area contributed by atoms with Crippen molar-refractivity contribution in [3.05, 3.63) is 59.7 Å². The van der Waals surface area contributed by atoms with Crippen LogP contribution in [0.2, 0.25) is 0 Å². The summed E-state index contributed by atoms with van der Waals surface area (Å²) in [5.41, 5.74) is 2.98. The zero-order chi connectivity index (χ0) is 16.9. The lowest BCUT2D eigenvalue weighted by Crippen LogP contribution is -2.15. The maximum atomic E-state index is 12.1. The van der Waals surface area contributed by atoms with Crippen LogP contribution in [0.4, 0.5) is 5.95 Å². The maximum Gasteiger partial charge on any atom is 0.249 e. The summed E-state index contributed by atoms with van der Waals surface area (Å²) in [4.78, 5) is 16.4. The third-order valence-electron chi connectivity index (χ3n) is 3.59. The van der Waals surface area contributed by atoms with Crippen LogP contribution in [0, 0.1) is 6.92 Å². The van der Waals surface area contributed by atoms with E-state index in [1.54, 1.807) is 7.11 Å². The Morgan fingerprint density at radius 1 is 1.12 bits per heavy atom. The first-order valence-electron chi connectivity index (χ1n) is 7.56. The quantitative estimate of drug-likeness (QED) is 0.757. The number of benzene rings is 2. The maximum absolute atomic E-state index is 12.1. The number of carbonyl (C=O) groups is 1. The first-order chi connectivity index (χ1) is 11.6. The van der Waals surface area contributed by atoms with Gasteiger partial charge in [-0.15, -0.1) is 5.10 Å². The number of aryl methyl sites for hydroxylation is 1.